The minimum Gasteiger partial charge on any atom is -0.131 e. The maximum atomic E-state index is 6.50. The van der Waals surface area contributed by atoms with E-state index in [-0.39, 0.29) is 5.38 Å². The van der Waals surface area contributed by atoms with E-state index in [4.69, 9.17) is 11.6 Å². The van der Waals surface area contributed by atoms with Gasteiger partial charge in [-0.25, -0.2) is 0 Å². The molecule has 1 aromatic heterocycles. The van der Waals surface area contributed by atoms with Crippen LogP contribution in [0.5, 0.6) is 0 Å². The van der Waals surface area contributed by atoms with Gasteiger partial charge in [0, 0.05) is 4.88 Å². The molecule has 0 saturated heterocycles. The zero-order valence-electron chi connectivity index (χ0n) is 9.84. The quantitative estimate of drug-likeness (QED) is 0.633. The normalized spacial score (nSPS) is 12.7. The van der Waals surface area contributed by atoms with Crippen LogP contribution in [0.2, 0.25) is 0 Å². The van der Waals surface area contributed by atoms with Crippen LogP contribution in [-0.2, 0) is 6.42 Å². The molecule has 0 nitrogen and oxygen atoms in total. The van der Waals surface area contributed by atoms with Gasteiger partial charge in [0.05, 0.1) is 9.16 Å². The van der Waals surface area contributed by atoms with Crippen molar-refractivity contribution in [3.63, 3.8) is 0 Å². The highest BCUT2D eigenvalue weighted by atomic mass is 79.9. The molecule has 0 aliphatic rings. The summed E-state index contributed by atoms with van der Waals surface area (Å²) in [6, 6.07) is 10.7. The third-order valence-electron chi connectivity index (χ3n) is 2.81. The molecule has 0 fully saturated rings. The van der Waals surface area contributed by atoms with Gasteiger partial charge in [-0.2, -0.15) is 0 Å². The fourth-order valence-corrected chi connectivity index (χ4v) is 3.61. The monoisotopic (exact) mass is 328 g/mol. The van der Waals surface area contributed by atoms with Crippen LogP contribution in [0.25, 0.3) is 0 Å². The molecular weight excluding hydrogens is 316 g/mol. The molecule has 0 amide bonds. The summed E-state index contributed by atoms with van der Waals surface area (Å²) in [6.45, 7) is 4.25. The van der Waals surface area contributed by atoms with Crippen LogP contribution in [0.1, 0.15) is 33.9 Å². The molecule has 3 heteroatoms. The van der Waals surface area contributed by atoms with Gasteiger partial charge in [0.25, 0.3) is 0 Å². The molecule has 0 N–H and O–H groups in total. The van der Waals surface area contributed by atoms with Gasteiger partial charge >= 0.3 is 0 Å². The highest BCUT2D eigenvalue weighted by Crippen LogP contribution is 2.37. The number of rotatable bonds is 3. The zero-order chi connectivity index (χ0) is 12.4. The summed E-state index contributed by atoms with van der Waals surface area (Å²) in [6.07, 6.45) is 1.07. The fourth-order valence-electron chi connectivity index (χ4n) is 1.70. The minimum absolute atomic E-state index is 0.0455. The average Bonchev–Trinajstić information content (AvgIpc) is 2.69. The number of halogens is 2. The molecule has 0 saturated carbocycles. The Morgan fingerprint density at radius 2 is 1.94 bits per heavy atom. The summed E-state index contributed by atoms with van der Waals surface area (Å²) < 4.78 is 1.17. The van der Waals surface area contributed by atoms with Crippen molar-refractivity contribution >= 4 is 38.9 Å². The Balaban J connectivity index is 2.26. The minimum atomic E-state index is -0.0455. The Kier molecular flexibility index (Phi) is 4.29. The number of thiophene rings is 1. The number of aryl methyl sites for hydroxylation is 2. The van der Waals surface area contributed by atoms with E-state index >= 15 is 0 Å². The second-order valence-corrected chi connectivity index (χ2v) is 6.90. The van der Waals surface area contributed by atoms with E-state index in [0.29, 0.717) is 0 Å². The van der Waals surface area contributed by atoms with Gasteiger partial charge in [0.2, 0.25) is 0 Å². The summed E-state index contributed by atoms with van der Waals surface area (Å²) in [5.74, 6) is 0. The van der Waals surface area contributed by atoms with Crippen molar-refractivity contribution in [2.45, 2.75) is 25.6 Å². The molecule has 1 unspecified atom stereocenters. The van der Waals surface area contributed by atoms with E-state index in [1.165, 1.54) is 19.8 Å². The maximum absolute atomic E-state index is 6.50. The van der Waals surface area contributed by atoms with Gasteiger partial charge < -0.3 is 0 Å². The summed E-state index contributed by atoms with van der Waals surface area (Å²) in [4.78, 5) is 1.19. The van der Waals surface area contributed by atoms with Crippen LogP contribution in [0.4, 0.5) is 0 Å². The molecule has 0 spiro atoms. The highest BCUT2D eigenvalue weighted by molar-refractivity contribution is 9.11. The number of hydrogen-bond donors (Lipinski definition) is 0. The molecular formula is C14H14BrClS. The molecule has 1 heterocycles. The molecule has 2 aromatic rings. The number of alkyl halides is 1. The molecule has 0 bridgehead atoms. The van der Waals surface area contributed by atoms with E-state index in [1.807, 2.05) is 0 Å². The fraction of sp³-hybridized carbons (Fsp3) is 0.286. The van der Waals surface area contributed by atoms with Gasteiger partial charge in [0.1, 0.15) is 0 Å². The summed E-state index contributed by atoms with van der Waals surface area (Å²) >= 11 is 11.8. The van der Waals surface area contributed by atoms with Gasteiger partial charge in [0.15, 0.2) is 0 Å². The van der Waals surface area contributed by atoms with Crippen molar-refractivity contribution < 1.29 is 0 Å². The maximum Gasteiger partial charge on any atom is 0.0928 e. The van der Waals surface area contributed by atoms with E-state index in [0.717, 1.165) is 12.0 Å². The largest absolute Gasteiger partial charge is 0.131 e. The first-order chi connectivity index (χ1) is 8.11. The second-order valence-electron chi connectivity index (χ2n) is 4.06. The molecule has 0 radical (unpaired) electrons. The van der Waals surface area contributed by atoms with Crippen LogP contribution in [-0.4, -0.2) is 0 Å². The Morgan fingerprint density at radius 1 is 1.29 bits per heavy atom. The molecule has 90 valence electrons. The SMILES string of the molecule is CCc1ccc(C(Cl)c2cc(C)c(Br)s2)cc1. The summed E-state index contributed by atoms with van der Waals surface area (Å²) in [5.41, 5.74) is 3.76. The van der Waals surface area contributed by atoms with E-state index in [9.17, 15) is 0 Å². The van der Waals surface area contributed by atoms with Gasteiger partial charge in [-0.3, -0.25) is 0 Å². The first-order valence-corrected chi connectivity index (χ1v) is 7.65. The predicted molar refractivity (Wildman–Crippen MR) is 80.3 cm³/mol. The lowest BCUT2D eigenvalue weighted by molar-refractivity contribution is 1.11. The van der Waals surface area contributed by atoms with Gasteiger partial charge in [-0.1, -0.05) is 31.2 Å². The lowest BCUT2D eigenvalue weighted by Crippen LogP contribution is -1.90. The molecule has 17 heavy (non-hydrogen) atoms. The smallest absolute Gasteiger partial charge is 0.0928 e. The van der Waals surface area contributed by atoms with Crippen LogP contribution >= 0.6 is 38.9 Å². The highest BCUT2D eigenvalue weighted by Gasteiger charge is 2.14. The Hall–Kier alpha value is -0.310. The predicted octanol–water partition coefficient (Wildman–Crippen LogP) is 5.71. The van der Waals surface area contributed by atoms with Crippen molar-refractivity contribution in [2.24, 2.45) is 0 Å². The van der Waals surface area contributed by atoms with Crippen molar-refractivity contribution in [1.29, 1.82) is 0 Å². The van der Waals surface area contributed by atoms with Crippen molar-refractivity contribution in [3.05, 3.63) is 55.7 Å². The van der Waals surface area contributed by atoms with Crippen molar-refractivity contribution in [1.82, 2.24) is 0 Å². The van der Waals surface area contributed by atoms with Crippen LogP contribution in [0.15, 0.2) is 34.1 Å². The second kappa shape index (κ2) is 5.55. The van der Waals surface area contributed by atoms with Gasteiger partial charge in [-0.15, -0.1) is 22.9 Å². The average molecular weight is 330 g/mol. The topological polar surface area (TPSA) is 0 Å². The van der Waals surface area contributed by atoms with Gasteiger partial charge in [-0.05, 0) is 52.0 Å². The Labute approximate surface area is 120 Å². The third-order valence-corrected chi connectivity index (χ3v) is 5.62. The summed E-state index contributed by atoms with van der Waals surface area (Å²) in [5, 5.41) is -0.0455. The molecule has 0 aliphatic carbocycles. The van der Waals surface area contributed by atoms with Crippen LogP contribution in [0.3, 0.4) is 0 Å². The zero-order valence-corrected chi connectivity index (χ0v) is 13.0. The molecule has 1 atom stereocenters. The number of hydrogen-bond acceptors (Lipinski definition) is 1. The summed E-state index contributed by atoms with van der Waals surface area (Å²) in [7, 11) is 0. The van der Waals surface area contributed by atoms with Crippen LogP contribution < -0.4 is 0 Å². The molecule has 1 aromatic carbocycles. The lowest BCUT2D eigenvalue weighted by Gasteiger charge is -2.08. The van der Waals surface area contributed by atoms with E-state index in [2.05, 4.69) is 60.1 Å². The van der Waals surface area contributed by atoms with E-state index < -0.39 is 0 Å². The first kappa shape index (κ1) is 13.1. The Morgan fingerprint density at radius 3 is 2.41 bits per heavy atom. The Bertz CT molecular complexity index is 482. The number of benzene rings is 1. The third kappa shape index (κ3) is 2.93. The standard InChI is InChI=1S/C14H14BrClS/c1-3-10-4-6-11(7-5-10)13(16)12-8-9(2)14(15)17-12/h4-8,13H,3H2,1-2H3. The molecule has 2 rings (SSSR count). The van der Waals surface area contributed by atoms with E-state index in [1.54, 1.807) is 11.3 Å². The van der Waals surface area contributed by atoms with Crippen LogP contribution in [0, 0.1) is 6.92 Å². The van der Waals surface area contributed by atoms with Crippen molar-refractivity contribution in [2.75, 3.05) is 0 Å². The molecule has 0 aliphatic heterocycles. The van der Waals surface area contributed by atoms with Crippen molar-refractivity contribution in [3.8, 4) is 0 Å². The lowest BCUT2D eigenvalue weighted by atomic mass is 10.1. The first-order valence-electron chi connectivity index (χ1n) is 5.60.